The largest absolute Gasteiger partial charge is 0.456 e. The van der Waals surface area contributed by atoms with Gasteiger partial charge in [-0.25, -0.2) is 0 Å². The first-order valence-electron chi connectivity index (χ1n) is 6.11. The van der Waals surface area contributed by atoms with E-state index in [1.165, 1.54) is 0 Å². The molecule has 2 nitrogen and oxygen atoms in total. The van der Waals surface area contributed by atoms with Crippen LogP contribution in [0, 0.1) is 0 Å². The van der Waals surface area contributed by atoms with Gasteiger partial charge in [0.05, 0.1) is 4.47 Å². The van der Waals surface area contributed by atoms with Crippen molar-refractivity contribution in [1.29, 1.82) is 0 Å². The van der Waals surface area contributed by atoms with E-state index in [1.807, 2.05) is 37.4 Å². The molecule has 0 aliphatic heterocycles. The zero-order chi connectivity index (χ0) is 14.7. The van der Waals surface area contributed by atoms with Gasteiger partial charge in [-0.15, -0.1) is 0 Å². The van der Waals surface area contributed by atoms with Gasteiger partial charge in [0.2, 0.25) is 0 Å². The van der Waals surface area contributed by atoms with Crippen molar-refractivity contribution in [1.82, 2.24) is 5.32 Å². The van der Waals surface area contributed by atoms with Crippen LogP contribution in [-0.2, 0) is 0 Å². The van der Waals surface area contributed by atoms with E-state index in [0.717, 1.165) is 26.0 Å². The highest BCUT2D eigenvalue weighted by Gasteiger charge is 2.13. The molecule has 0 aliphatic carbocycles. The van der Waals surface area contributed by atoms with Gasteiger partial charge in [-0.3, -0.25) is 0 Å². The third-order valence-electron chi connectivity index (χ3n) is 2.99. The predicted molar refractivity (Wildman–Crippen MR) is 90.8 cm³/mol. The van der Waals surface area contributed by atoms with Crippen LogP contribution in [0.1, 0.15) is 18.5 Å². The number of hydrogen-bond acceptors (Lipinski definition) is 2. The van der Waals surface area contributed by atoms with Crippen LogP contribution in [-0.4, -0.2) is 7.05 Å². The third kappa shape index (κ3) is 3.76. The van der Waals surface area contributed by atoms with Crippen LogP contribution in [0.25, 0.3) is 0 Å². The first-order valence-corrected chi connectivity index (χ1v) is 8.07. The van der Waals surface area contributed by atoms with E-state index < -0.39 is 0 Å². The normalized spacial score (nSPS) is 12.2. The van der Waals surface area contributed by atoms with E-state index in [1.54, 1.807) is 0 Å². The van der Waals surface area contributed by atoms with Crippen LogP contribution in [0.3, 0.4) is 0 Å². The average molecular weight is 420 g/mol. The molecule has 0 amide bonds. The summed E-state index contributed by atoms with van der Waals surface area (Å²) in [6.45, 7) is 2.09. The topological polar surface area (TPSA) is 21.3 Å². The third-order valence-corrected chi connectivity index (χ3v) is 4.33. The van der Waals surface area contributed by atoms with Gasteiger partial charge in [0.1, 0.15) is 11.5 Å². The highest BCUT2D eigenvalue weighted by Crippen LogP contribution is 2.36. The summed E-state index contributed by atoms with van der Waals surface area (Å²) in [5.74, 6) is 1.55. The van der Waals surface area contributed by atoms with Crippen LogP contribution < -0.4 is 10.1 Å². The van der Waals surface area contributed by atoms with Crippen molar-refractivity contribution in [2.24, 2.45) is 0 Å². The molecule has 2 aromatic rings. The van der Waals surface area contributed by atoms with Gasteiger partial charge in [-0.1, -0.05) is 27.5 Å². The van der Waals surface area contributed by atoms with Gasteiger partial charge in [0.25, 0.3) is 0 Å². The maximum Gasteiger partial charge on any atom is 0.141 e. The second-order valence-corrected chi connectivity index (χ2v) is 6.58. The molecule has 1 atom stereocenters. The maximum absolute atomic E-state index is 6.01. The number of benzene rings is 2. The number of nitrogens with one attached hydrogen (secondary N) is 1. The number of halogens is 3. The molecule has 0 spiro atoms. The molecular formula is C15H14Br2ClNO. The monoisotopic (exact) mass is 417 g/mol. The van der Waals surface area contributed by atoms with E-state index in [9.17, 15) is 0 Å². The summed E-state index contributed by atoms with van der Waals surface area (Å²) < 4.78 is 7.86. The lowest BCUT2D eigenvalue weighted by atomic mass is 10.1. The van der Waals surface area contributed by atoms with Gasteiger partial charge in [-0.2, -0.15) is 0 Å². The minimum Gasteiger partial charge on any atom is -0.456 e. The molecule has 0 fully saturated rings. The Balaban J connectivity index is 2.37. The highest BCUT2D eigenvalue weighted by molar-refractivity contribution is 9.10. The van der Waals surface area contributed by atoms with Crippen molar-refractivity contribution in [2.45, 2.75) is 13.0 Å². The minimum absolute atomic E-state index is 0.188. The second kappa shape index (κ2) is 6.94. The number of ether oxygens (including phenoxy) is 1. The lowest BCUT2D eigenvalue weighted by molar-refractivity contribution is 0.463. The van der Waals surface area contributed by atoms with Gasteiger partial charge < -0.3 is 10.1 Å². The Labute approximate surface area is 140 Å². The molecule has 2 rings (SSSR count). The van der Waals surface area contributed by atoms with E-state index in [-0.39, 0.29) is 6.04 Å². The maximum atomic E-state index is 6.01. The van der Waals surface area contributed by atoms with Crippen molar-refractivity contribution in [3.05, 3.63) is 55.9 Å². The molecule has 5 heteroatoms. The summed E-state index contributed by atoms with van der Waals surface area (Å²) in [7, 11) is 1.92. The van der Waals surface area contributed by atoms with Crippen molar-refractivity contribution in [3.63, 3.8) is 0 Å². The highest BCUT2D eigenvalue weighted by atomic mass is 79.9. The van der Waals surface area contributed by atoms with Crippen LogP contribution in [0.5, 0.6) is 11.5 Å². The number of hydrogen-bond donors (Lipinski definition) is 1. The summed E-state index contributed by atoms with van der Waals surface area (Å²) in [4.78, 5) is 0. The van der Waals surface area contributed by atoms with Gasteiger partial charge in [0.15, 0.2) is 0 Å². The molecule has 1 N–H and O–H groups in total. The summed E-state index contributed by atoms with van der Waals surface area (Å²) in [6, 6.07) is 11.6. The summed E-state index contributed by atoms with van der Waals surface area (Å²) in [5.41, 5.74) is 1.09. The SMILES string of the molecule is CNC(C)c1cc(Br)ccc1Oc1ccc(Cl)cc1Br. The molecular weight excluding hydrogens is 405 g/mol. The average Bonchev–Trinajstić information content (AvgIpc) is 2.42. The smallest absolute Gasteiger partial charge is 0.141 e. The first-order chi connectivity index (χ1) is 9.51. The molecule has 0 saturated carbocycles. The summed E-state index contributed by atoms with van der Waals surface area (Å²) >= 11 is 12.9. The van der Waals surface area contributed by atoms with Gasteiger partial charge in [-0.05, 0) is 66.3 Å². The molecule has 20 heavy (non-hydrogen) atoms. The summed E-state index contributed by atoms with van der Waals surface area (Å²) in [5, 5.41) is 3.89. The van der Waals surface area contributed by atoms with Crippen LogP contribution >= 0.6 is 43.5 Å². The Hall–Kier alpha value is -0.550. The number of rotatable bonds is 4. The predicted octanol–water partition coefficient (Wildman–Crippen LogP) is 5.94. The molecule has 0 aliphatic rings. The van der Waals surface area contributed by atoms with Gasteiger partial charge in [0, 0.05) is 21.1 Å². The van der Waals surface area contributed by atoms with Crippen LogP contribution in [0.4, 0.5) is 0 Å². The van der Waals surface area contributed by atoms with Crippen LogP contribution in [0.2, 0.25) is 5.02 Å². The molecule has 0 heterocycles. The lowest BCUT2D eigenvalue weighted by Gasteiger charge is -2.17. The standard InChI is InChI=1S/C15H14Br2ClNO/c1-9(19-2)12-7-10(16)3-5-14(12)20-15-6-4-11(18)8-13(15)17/h3-9,19H,1-2H3. The molecule has 0 radical (unpaired) electrons. The van der Waals surface area contributed by atoms with Gasteiger partial charge >= 0.3 is 0 Å². The molecule has 0 saturated heterocycles. The Bertz CT molecular complexity index is 619. The fourth-order valence-electron chi connectivity index (χ4n) is 1.78. The molecule has 0 bridgehead atoms. The minimum atomic E-state index is 0.188. The Morgan fingerprint density at radius 1 is 1.10 bits per heavy atom. The van der Waals surface area contributed by atoms with Crippen LogP contribution in [0.15, 0.2) is 45.3 Å². The first kappa shape index (κ1) is 15.8. The quantitative estimate of drug-likeness (QED) is 0.662. The zero-order valence-corrected chi connectivity index (χ0v) is 15.0. The van der Waals surface area contributed by atoms with Crippen molar-refractivity contribution in [3.8, 4) is 11.5 Å². The Kier molecular flexibility index (Phi) is 5.49. The van der Waals surface area contributed by atoms with Crippen molar-refractivity contribution >= 4 is 43.5 Å². The van der Waals surface area contributed by atoms with E-state index in [2.05, 4.69) is 50.2 Å². The second-order valence-electron chi connectivity index (χ2n) is 4.37. The Morgan fingerprint density at radius 3 is 2.45 bits per heavy atom. The Morgan fingerprint density at radius 2 is 1.80 bits per heavy atom. The molecule has 2 aromatic carbocycles. The van der Waals surface area contributed by atoms with E-state index in [4.69, 9.17) is 16.3 Å². The molecule has 0 aromatic heterocycles. The fraction of sp³-hybridized carbons (Fsp3) is 0.200. The summed E-state index contributed by atoms with van der Waals surface area (Å²) in [6.07, 6.45) is 0. The van der Waals surface area contributed by atoms with E-state index in [0.29, 0.717) is 5.02 Å². The lowest BCUT2D eigenvalue weighted by Crippen LogP contribution is -2.13. The fourth-order valence-corrected chi connectivity index (χ4v) is 2.93. The molecule has 106 valence electrons. The zero-order valence-electron chi connectivity index (χ0n) is 11.1. The van der Waals surface area contributed by atoms with Crippen molar-refractivity contribution < 1.29 is 4.74 Å². The van der Waals surface area contributed by atoms with Crippen molar-refractivity contribution in [2.75, 3.05) is 7.05 Å². The molecule has 1 unspecified atom stereocenters. The van der Waals surface area contributed by atoms with E-state index >= 15 is 0 Å².